The first-order valence-corrected chi connectivity index (χ1v) is 8.11. The minimum Gasteiger partial charge on any atom is -0.395 e. The van der Waals surface area contributed by atoms with Gasteiger partial charge in [-0.3, -0.25) is 4.90 Å². The molecular formula is C16H27NO. The molecule has 18 heavy (non-hydrogen) atoms. The molecule has 0 heterocycles. The van der Waals surface area contributed by atoms with Gasteiger partial charge in [0.05, 0.1) is 6.61 Å². The molecule has 5 aliphatic rings. The molecule has 4 bridgehead atoms. The van der Waals surface area contributed by atoms with Crippen LogP contribution in [-0.4, -0.2) is 35.7 Å². The van der Waals surface area contributed by atoms with Gasteiger partial charge >= 0.3 is 0 Å². The van der Waals surface area contributed by atoms with Crippen molar-refractivity contribution >= 4 is 0 Å². The molecule has 5 aliphatic carbocycles. The van der Waals surface area contributed by atoms with Crippen molar-refractivity contribution in [2.45, 2.75) is 57.4 Å². The Balaban J connectivity index is 1.49. The molecule has 0 aromatic heterocycles. The summed E-state index contributed by atoms with van der Waals surface area (Å²) >= 11 is 0. The number of nitrogens with zero attached hydrogens (tertiary/aromatic N) is 1. The molecule has 1 N–H and O–H groups in total. The van der Waals surface area contributed by atoms with Crippen LogP contribution < -0.4 is 0 Å². The number of aliphatic hydroxyl groups is 1. The minimum atomic E-state index is 0.350. The van der Waals surface area contributed by atoms with Crippen LogP contribution in [0.2, 0.25) is 0 Å². The van der Waals surface area contributed by atoms with E-state index in [4.69, 9.17) is 0 Å². The lowest BCUT2D eigenvalue weighted by Gasteiger charge is -2.58. The van der Waals surface area contributed by atoms with Gasteiger partial charge in [-0.25, -0.2) is 0 Å². The molecule has 0 aliphatic heterocycles. The van der Waals surface area contributed by atoms with Crippen LogP contribution in [0.5, 0.6) is 0 Å². The van der Waals surface area contributed by atoms with Crippen LogP contribution in [0.3, 0.4) is 0 Å². The van der Waals surface area contributed by atoms with Crippen molar-refractivity contribution in [3.8, 4) is 0 Å². The van der Waals surface area contributed by atoms with E-state index in [-0.39, 0.29) is 0 Å². The summed E-state index contributed by atoms with van der Waals surface area (Å²) in [7, 11) is 0. The van der Waals surface area contributed by atoms with Gasteiger partial charge in [-0.05, 0) is 74.5 Å². The van der Waals surface area contributed by atoms with Crippen LogP contribution >= 0.6 is 0 Å². The summed E-state index contributed by atoms with van der Waals surface area (Å²) in [5.41, 5.74) is 0.659. The molecule has 0 saturated heterocycles. The second-order valence-electron chi connectivity index (χ2n) is 7.84. The van der Waals surface area contributed by atoms with Crippen molar-refractivity contribution in [2.24, 2.45) is 23.2 Å². The highest BCUT2D eigenvalue weighted by molar-refractivity contribution is 5.03. The zero-order valence-electron chi connectivity index (χ0n) is 11.5. The Bertz CT molecular complexity index is 288. The van der Waals surface area contributed by atoms with E-state index in [9.17, 15) is 5.11 Å². The Morgan fingerprint density at radius 3 is 1.94 bits per heavy atom. The molecule has 0 atom stereocenters. The molecule has 5 saturated carbocycles. The molecule has 0 radical (unpaired) electrons. The van der Waals surface area contributed by atoms with Gasteiger partial charge in [-0.1, -0.05) is 0 Å². The van der Waals surface area contributed by atoms with E-state index in [1.54, 1.807) is 19.3 Å². The van der Waals surface area contributed by atoms with E-state index < -0.39 is 0 Å². The molecule has 0 unspecified atom stereocenters. The molecule has 0 aromatic rings. The first-order chi connectivity index (χ1) is 8.76. The van der Waals surface area contributed by atoms with Crippen molar-refractivity contribution < 1.29 is 5.11 Å². The molecular weight excluding hydrogens is 222 g/mol. The Morgan fingerprint density at radius 1 is 0.944 bits per heavy atom. The van der Waals surface area contributed by atoms with Crippen molar-refractivity contribution in [3.05, 3.63) is 0 Å². The molecule has 102 valence electrons. The van der Waals surface area contributed by atoms with Gasteiger partial charge in [-0.2, -0.15) is 0 Å². The highest BCUT2D eigenvalue weighted by Crippen LogP contribution is 2.60. The normalized spacial score (nSPS) is 46.0. The summed E-state index contributed by atoms with van der Waals surface area (Å²) in [6.07, 6.45) is 11.9. The van der Waals surface area contributed by atoms with Crippen molar-refractivity contribution in [1.29, 1.82) is 0 Å². The predicted octanol–water partition coefficient (Wildman–Crippen LogP) is 2.66. The molecule has 0 spiro atoms. The average Bonchev–Trinajstić information content (AvgIpc) is 3.09. The van der Waals surface area contributed by atoms with Crippen molar-refractivity contribution in [3.63, 3.8) is 0 Å². The summed E-state index contributed by atoms with van der Waals surface area (Å²) in [4.78, 5) is 2.63. The fraction of sp³-hybridized carbons (Fsp3) is 1.00. The van der Waals surface area contributed by atoms with E-state index in [0.717, 1.165) is 30.3 Å². The van der Waals surface area contributed by atoms with E-state index in [1.807, 2.05) is 0 Å². The maximum Gasteiger partial charge on any atom is 0.0558 e. The second kappa shape index (κ2) is 4.21. The fourth-order valence-electron chi connectivity index (χ4n) is 5.87. The largest absolute Gasteiger partial charge is 0.395 e. The number of hydrogen-bond donors (Lipinski definition) is 1. The lowest BCUT2D eigenvalue weighted by atomic mass is 9.49. The summed E-state index contributed by atoms with van der Waals surface area (Å²) in [5, 5.41) is 9.28. The topological polar surface area (TPSA) is 23.5 Å². The SMILES string of the molecule is OCCN(CC12CC3CC(CC(C3)C1)C2)C1CC1. The molecule has 5 fully saturated rings. The maximum atomic E-state index is 9.28. The van der Waals surface area contributed by atoms with Crippen molar-refractivity contribution in [2.75, 3.05) is 19.7 Å². The van der Waals surface area contributed by atoms with E-state index >= 15 is 0 Å². The maximum absolute atomic E-state index is 9.28. The Morgan fingerprint density at radius 2 is 1.50 bits per heavy atom. The Hall–Kier alpha value is -0.0800. The van der Waals surface area contributed by atoms with Gasteiger partial charge in [0, 0.05) is 19.1 Å². The monoisotopic (exact) mass is 249 g/mol. The van der Waals surface area contributed by atoms with Gasteiger partial charge in [0.2, 0.25) is 0 Å². The number of rotatable bonds is 5. The van der Waals surface area contributed by atoms with Crippen LogP contribution in [0.1, 0.15) is 51.4 Å². The van der Waals surface area contributed by atoms with E-state index in [1.165, 1.54) is 38.6 Å². The fourth-order valence-corrected chi connectivity index (χ4v) is 5.87. The summed E-state index contributed by atoms with van der Waals surface area (Å²) < 4.78 is 0. The third-order valence-corrected chi connectivity index (χ3v) is 6.15. The van der Waals surface area contributed by atoms with Gasteiger partial charge in [0.1, 0.15) is 0 Å². The molecule has 0 aromatic carbocycles. The molecule has 2 heteroatoms. The lowest BCUT2D eigenvalue weighted by molar-refractivity contribution is -0.0714. The van der Waals surface area contributed by atoms with Crippen molar-refractivity contribution in [1.82, 2.24) is 4.90 Å². The zero-order valence-corrected chi connectivity index (χ0v) is 11.5. The average molecular weight is 249 g/mol. The Labute approximate surface area is 111 Å². The highest BCUT2D eigenvalue weighted by atomic mass is 16.3. The summed E-state index contributed by atoms with van der Waals surface area (Å²) in [5.74, 6) is 3.18. The van der Waals surface area contributed by atoms with E-state index in [2.05, 4.69) is 4.90 Å². The van der Waals surface area contributed by atoms with Crippen LogP contribution in [-0.2, 0) is 0 Å². The Kier molecular flexibility index (Phi) is 2.74. The quantitative estimate of drug-likeness (QED) is 0.810. The van der Waals surface area contributed by atoms with Crippen LogP contribution in [0.15, 0.2) is 0 Å². The smallest absolute Gasteiger partial charge is 0.0558 e. The predicted molar refractivity (Wildman–Crippen MR) is 72.3 cm³/mol. The third kappa shape index (κ3) is 2.02. The van der Waals surface area contributed by atoms with Gasteiger partial charge < -0.3 is 5.11 Å². The summed E-state index contributed by atoms with van der Waals surface area (Å²) in [6, 6.07) is 0.824. The molecule has 2 nitrogen and oxygen atoms in total. The summed E-state index contributed by atoms with van der Waals surface area (Å²) in [6.45, 7) is 2.58. The lowest BCUT2D eigenvalue weighted by Crippen LogP contribution is -2.52. The molecule has 0 amide bonds. The van der Waals surface area contributed by atoms with Gasteiger partial charge in [0.25, 0.3) is 0 Å². The highest BCUT2D eigenvalue weighted by Gasteiger charge is 2.51. The molecule has 5 rings (SSSR count). The van der Waals surface area contributed by atoms with Crippen LogP contribution in [0.25, 0.3) is 0 Å². The zero-order chi connectivity index (χ0) is 12.2. The van der Waals surface area contributed by atoms with Crippen LogP contribution in [0, 0.1) is 23.2 Å². The first-order valence-electron chi connectivity index (χ1n) is 8.11. The third-order valence-electron chi connectivity index (χ3n) is 6.15. The van der Waals surface area contributed by atoms with Gasteiger partial charge in [0.15, 0.2) is 0 Å². The van der Waals surface area contributed by atoms with Gasteiger partial charge in [-0.15, -0.1) is 0 Å². The number of aliphatic hydroxyl groups excluding tert-OH is 1. The standard InChI is InChI=1S/C16H27NO/c18-4-3-17(15-1-2-15)11-16-8-12-5-13(9-16)7-14(6-12)10-16/h12-15,18H,1-11H2. The van der Waals surface area contributed by atoms with Crippen LogP contribution in [0.4, 0.5) is 0 Å². The number of hydrogen-bond acceptors (Lipinski definition) is 2. The first kappa shape index (κ1) is 11.7. The van der Waals surface area contributed by atoms with E-state index in [0.29, 0.717) is 12.0 Å². The minimum absolute atomic E-state index is 0.350. The second-order valence-corrected chi connectivity index (χ2v) is 7.84.